The zero-order chi connectivity index (χ0) is 20.4. The molecule has 29 heavy (non-hydrogen) atoms. The minimum absolute atomic E-state index is 0.0442. The second-order valence-electron chi connectivity index (χ2n) is 8.79. The summed E-state index contributed by atoms with van der Waals surface area (Å²) in [6.07, 6.45) is 0. The molecular formula is C23H30N6. The molecule has 0 unspecified atom stereocenters. The molecule has 1 atom stereocenters. The van der Waals surface area contributed by atoms with Gasteiger partial charge in [-0.3, -0.25) is 4.90 Å². The number of nitrogens with zero attached hydrogens (tertiary/aromatic N) is 6. The number of aryl methyl sites for hydroxylation is 1. The summed E-state index contributed by atoms with van der Waals surface area (Å²) in [7, 11) is 0. The topological polar surface area (TPSA) is 50.1 Å². The predicted molar refractivity (Wildman–Crippen MR) is 116 cm³/mol. The minimum Gasteiger partial charge on any atom is -0.369 e. The highest BCUT2D eigenvalue weighted by molar-refractivity contribution is 5.46. The lowest BCUT2D eigenvalue weighted by atomic mass is 10.0. The van der Waals surface area contributed by atoms with Crippen LogP contribution in [0.15, 0.2) is 54.6 Å². The molecule has 6 heteroatoms. The molecule has 1 aliphatic rings. The van der Waals surface area contributed by atoms with Crippen LogP contribution in [0, 0.1) is 6.92 Å². The number of hydrogen-bond donors (Lipinski definition) is 0. The molecule has 0 bridgehead atoms. The average Bonchev–Trinajstić information content (AvgIpc) is 3.21. The molecule has 1 aliphatic heterocycles. The summed E-state index contributed by atoms with van der Waals surface area (Å²) in [5.74, 6) is 0.912. The van der Waals surface area contributed by atoms with E-state index in [1.165, 1.54) is 16.8 Å². The fraction of sp³-hybridized carbons (Fsp3) is 0.435. The Morgan fingerprint density at radius 3 is 2.14 bits per heavy atom. The van der Waals surface area contributed by atoms with Crippen molar-refractivity contribution in [3.8, 4) is 0 Å². The SMILES string of the molecule is Cc1ccc([C@H](c2nnnn2C(C)(C)C)N2CCN(c3ccccc3)CC2)cc1. The van der Waals surface area contributed by atoms with E-state index in [0.717, 1.165) is 32.0 Å². The Bertz CT molecular complexity index is 918. The van der Waals surface area contributed by atoms with Crippen LogP contribution in [-0.4, -0.2) is 51.3 Å². The maximum absolute atomic E-state index is 4.48. The Hall–Kier alpha value is -2.73. The highest BCUT2D eigenvalue weighted by Crippen LogP contribution is 2.31. The van der Waals surface area contributed by atoms with Gasteiger partial charge in [-0.25, -0.2) is 4.68 Å². The van der Waals surface area contributed by atoms with Crippen molar-refractivity contribution in [2.45, 2.75) is 39.3 Å². The summed E-state index contributed by atoms with van der Waals surface area (Å²) in [6.45, 7) is 12.5. The monoisotopic (exact) mass is 390 g/mol. The Morgan fingerprint density at radius 2 is 1.52 bits per heavy atom. The van der Waals surface area contributed by atoms with Gasteiger partial charge in [0.2, 0.25) is 0 Å². The van der Waals surface area contributed by atoms with Gasteiger partial charge in [0.25, 0.3) is 0 Å². The van der Waals surface area contributed by atoms with Crippen LogP contribution < -0.4 is 4.90 Å². The lowest BCUT2D eigenvalue weighted by Crippen LogP contribution is -2.48. The summed E-state index contributed by atoms with van der Waals surface area (Å²) in [5.41, 5.74) is 3.62. The van der Waals surface area contributed by atoms with E-state index in [0.29, 0.717) is 0 Å². The number of anilines is 1. The molecule has 2 aromatic carbocycles. The molecule has 3 aromatic rings. The molecular weight excluding hydrogens is 360 g/mol. The second-order valence-corrected chi connectivity index (χ2v) is 8.79. The van der Waals surface area contributed by atoms with Gasteiger partial charge in [-0.05, 0) is 55.8 Å². The first kappa shape index (κ1) is 19.6. The number of piperazine rings is 1. The van der Waals surface area contributed by atoms with E-state index in [4.69, 9.17) is 0 Å². The first-order valence-corrected chi connectivity index (χ1v) is 10.3. The largest absolute Gasteiger partial charge is 0.369 e. The van der Waals surface area contributed by atoms with Crippen molar-refractivity contribution in [1.82, 2.24) is 25.1 Å². The van der Waals surface area contributed by atoms with Crippen LogP contribution >= 0.6 is 0 Å². The van der Waals surface area contributed by atoms with Crippen molar-refractivity contribution in [3.63, 3.8) is 0 Å². The molecule has 152 valence electrons. The quantitative estimate of drug-likeness (QED) is 0.681. The van der Waals surface area contributed by atoms with Gasteiger partial charge < -0.3 is 4.90 Å². The number of rotatable bonds is 4. The Labute approximate surface area is 173 Å². The lowest BCUT2D eigenvalue weighted by molar-refractivity contribution is 0.191. The van der Waals surface area contributed by atoms with Gasteiger partial charge in [0.1, 0.15) is 0 Å². The smallest absolute Gasteiger partial charge is 0.173 e. The van der Waals surface area contributed by atoms with Gasteiger partial charge in [-0.15, -0.1) is 5.10 Å². The standard InChI is InChI=1S/C23H30N6/c1-18-10-12-19(13-11-18)21(22-24-25-26-29(22)23(2,3)4)28-16-14-27(15-17-28)20-8-6-5-7-9-20/h5-13,21H,14-17H2,1-4H3/t21-/m1/s1. The van der Waals surface area contributed by atoms with E-state index in [-0.39, 0.29) is 11.6 Å². The van der Waals surface area contributed by atoms with E-state index in [1.807, 2.05) is 4.68 Å². The molecule has 0 radical (unpaired) electrons. The van der Waals surface area contributed by atoms with Crippen LogP contribution in [-0.2, 0) is 5.54 Å². The first-order valence-electron chi connectivity index (χ1n) is 10.3. The van der Waals surface area contributed by atoms with Crippen LogP contribution in [0.1, 0.15) is 43.8 Å². The van der Waals surface area contributed by atoms with Gasteiger partial charge in [0.15, 0.2) is 5.82 Å². The van der Waals surface area contributed by atoms with E-state index in [9.17, 15) is 0 Å². The van der Waals surface area contributed by atoms with E-state index in [1.54, 1.807) is 0 Å². The third-order valence-corrected chi connectivity index (χ3v) is 5.57. The van der Waals surface area contributed by atoms with Gasteiger partial charge in [0, 0.05) is 31.9 Å². The van der Waals surface area contributed by atoms with E-state index in [2.05, 4.69) is 108 Å². The molecule has 4 rings (SSSR count). The number of benzene rings is 2. The fourth-order valence-electron chi connectivity index (χ4n) is 3.99. The van der Waals surface area contributed by atoms with Crippen molar-refractivity contribution in [2.75, 3.05) is 31.1 Å². The van der Waals surface area contributed by atoms with Crippen LogP contribution in [0.3, 0.4) is 0 Å². The molecule has 1 fully saturated rings. The normalized spacial score (nSPS) is 16.8. The molecule has 2 heterocycles. The zero-order valence-electron chi connectivity index (χ0n) is 17.8. The molecule has 1 aromatic heterocycles. The van der Waals surface area contributed by atoms with Crippen molar-refractivity contribution >= 4 is 5.69 Å². The maximum Gasteiger partial charge on any atom is 0.173 e. The number of para-hydroxylation sites is 1. The molecule has 0 spiro atoms. The van der Waals surface area contributed by atoms with Crippen molar-refractivity contribution in [3.05, 3.63) is 71.5 Å². The third-order valence-electron chi connectivity index (χ3n) is 5.57. The van der Waals surface area contributed by atoms with E-state index < -0.39 is 0 Å². The van der Waals surface area contributed by atoms with Gasteiger partial charge >= 0.3 is 0 Å². The van der Waals surface area contributed by atoms with Crippen molar-refractivity contribution in [1.29, 1.82) is 0 Å². The third kappa shape index (κ3) is 4.17. The highest BCUT2D eigenvalue weighted by Gasteiger charge is 2.33. The molecule has 1 saturated heterocycles. The minimum atomic E-state index is -0.173. The van der Waals surface area contributed by atoms with Crippen LogP contribution in [0.25, 0.3) is 0 Å². The van der Waals surface area contributed by atoms with E-state index >= 15 is 0 Å². The Balaban J connectivity index is 1.64. The van der Waals surface area contributed by atoms with Crippen LogP contribution in [0.5, 0.6) is 0 Å². The number of hydrogen-bond acceptors (Lipinski definition) is 5. The van der Waals surface area contributed by atoms with Gasteiger partial charge in [-0.1, -0.05) is 48.0 Å². The molecule has 0 saturated carbocycles. The lowest BCUT2D eigenvalue weighted by Gasteiger charge is -2.40. The van der Waals surface area contributed by atoms with Gasteiger partial charge in [-0.2, -0.15) is 0 Å². The van der Waals surface area contributed by atoms with Crippen molar-refractivity contribution in [2.24, 2.45) is 0 Å². The maximum atomic E-state index is 4.48. The first-order chi connectivity index (χ1) is 13.9. The summed E-state index contributed by atoms with van der Waals surface area (Å²) < 4.78 is 1.97. The predicted octanol–water partition coefficient (Wildman–Crippen LogP) is 3.65. The Kier molecular flexibility index (Phi) is 5.37. The number of tetrazole rings is 1. The fourth-order valence-corrected chi connectivity index (χ4v) is 3.99. The van der Waals surface area contributed by atoms with Crippen LogP contribution in [0.4, 0.5) is 5.69 Å². The number of aromatic nitrogens is 4. The molecule has 0 amide bonds. The highest BCUT2D eigenvalue weighted by atomic mass is 15.6. The second kappa shape index (κ2) is 7.95. The summed E-state index contributed by atoms with van der Waals surface area (Å²) in [6, 6.07) is 19.5. The summed E-state index contributed by atoms with van der Waals surface area (Å²) in [4.78, 5) is 4.97. The molecule has 6 nitrogen and oxygen atoms in total. The summed E-state index contributed by atoms with van der Waals surface area (Å²) in [5, 5.41) is 12.8. The van der Waals surface area contributed by atoms with Crippen LogP contribution in [0.2, 0.25) is 0 Å². The average molecular weight is 391 g/mol. The van der Waals surface area contributed by atoms with Crippen molar-refractivity contribution < 1.29 is 0 Å². The molecule has 0 N–H and O–H groups in total. The zero-order valence-corrected chi connectivity index (χ0v) is 17.8. The summed E-state index contributed by atoms with van der Waals surface area (Å²) >= 11 is 0. The molecule has 0 aliphatic carbocycles. The Morgan fingerprint density at radius 1 is 0.862 bits per heavy atom. The van der Waals surface area contributed by atoms with Gasteiger partial charge in [0.05, 0.1) is 11.6 Å².